The highest BCUT2D eigenvalue weighted by atomic mass is 16.5. The molecule has 80 valence electrons. The predicted molar refractivity (Wildman–Crippen MR) is 62.7 cm³/mol. The fourth-order valence-electron chi connectivity index (χ4n) is 1.40. The van der Waals surface area contributed by atoms with E-state index in [0.717, 1.165) is 25.0 Å². The maximum absolute atomic E-state index is 5.63. The van der Waals surface area contributed by atoms with E-state index in [1.165, 1.54) is 5.56 Å². The number of ether oxygens (including phenoxy) is 1. The lowest BCUT2D eigenvalue weighted by molar-refractivity contribution is 0.414. The van der Waals surface area contributed by atoms with Crippen molar-refractivity contribution in [2.24, 2.45) is 5.73 Å². The largest absolute Gasteiger partial charge is 0.497 e. The van der Waals surface area contributed by atoms with Crippen LogP contribution in [0, 0.1) is 12.3 Å². The zero-order chi connectivity index (χ0) is 11.1. The molecule has 0 radical (unpaired) electrons. The monoisotopic (exact) mass is 203 g/mol. The van der Waals surface area contributed by atoms with Crippen LogP contribution in [0.1, 0.15) is 18.4 Å². The van der Waals surface area contributed by atoms with Gasteiger partial charge in [0.2, 0.25) is 0 Å². The van der Waals surface area contributed by atoms with Gasteiger partial charge in [0.05, 0.1) is 13.2 Å². The molecule has 0 aliphatic rings. The first-order chi connectivity index (χ1) is 7.26. The fraction of sp³-hybridized carbons (Fsp3) is 0.385. The van der Waals surface area contributed by atoms with Gasteiger partial charge in [0, 0.05) is 0 Å². The summed E-state index contributed by atoms with van der Waals surface area (Å²) in [4.78, 5) is 0. The summed E-state index contributed by atoms with van der Waals surface area (Å²) in [7, 11) is 1.67. The van der Waals surface area contributed by atoms with Gasteiger partial charge in [-0.3, -0.25) is 0 Å². The van der Waals surface area contributed by atoms with Gasteiger partial charge in [-0.15, -0.1) is 6.42 Å². The zero-order valence-electron chi connectivity index (χ0n) is 9.07. The minimum atomic E-state index is -0.108. The van der Waals surface area contributed by atoms with Crippen LogP contribution in [0.25, 0.3) is 0 Å². The summed E-state index contributed by atoms with van der Waals surface area (Å²) >= 11 is 0. The summed E-state index contributed by atoms with van der Waals surface area (Å²) in [6.45, 7) is 0. The topological polar surface area (TPSA) is 35.2 Å². The van der Waals surface area contributed by atoms with E-state index in [9.17, 15) is 0 Å². The number of hydrogen-bond donors (Lipinski definition) is 1. The molecule has 2 heteroatoms. The smallest absolute Gasteiger partial charge is 0.118 e. The lowest BCUT2D eigenvalue weighted by Gasteiger charge is -2.05. The second-order valence-electron chi connectivity index (χ2n) is 3.51. The van der Waals surface area contributed by atoms with E-state index < -0.39 is 0 Å². The number of hydrogen-bond acceptors (Lipinski definition) is 2. The quantitative estimate of drug-likeness (QED) is 0.743. The van der Waals surface area contributed by atoms with E-state index in [1.807, 2.05) is 12.1 Å². The molecular weight excluding hydrogens is 186 g/mol. The third-order valence-corrected chi connectivity index (χ3v) is 2.35. The molecule has 0 heterocycles. The normalized spacial score (nSPS) is 11.8. The molecule has 0 spiro atoms. The third-order valence-electron chi connectivity index (χ3n) is 2.35. The van der Waals surface area contributed by atoms with Gasteiger partial charge in [0.15, 0.2) is 0 Å². The van der Waals surface area contributed by atoms with Gasteiger partial charge in [-0.1, -0.05) is 18.1 Å². The Hall–Kier alpha value is -1.46. The standard InChI is InChI=1S/C13H17NO/c1-3-12(14)6-4-5-11-7-9-13(15-2)10-8-11/h1,7-10,12H,4-6,14H2,2H3. The Kier molecular flexibility index (Phi) is 4.73. The maximum atomic E-state index is 5.63. The van der Waals surface area contributed by atoms with Crippen LogP contribution in [0.4, 0.5) is 0 Å². The first-order valence-electron chi connectivity index (χ1n) is 5.11. The summed E-state index contributed by atoms with van der Waals surface area (Å²) in [5, 5.41) is 0. The molecule has 15 heavy (non-hydrogen) atoms. The molecule has 0 fully saturated rings. The van der Waals surface area contributed by atoms with E-state index in [2.05, 4.69) is 18.1 Å². The van der Waals surface area contributed by atoms with Gasteiger partial charge in [-0.25, -0.2) is 0 Å². The SMILES string of the molecule is C#CC(N)CCCc1ccc(OC)cc1. The van der Waals surface area contributed by atoms with Gasteiger partial charge in [0.1, 0.15) is 5.75 Å². The molecule has 0 aliphatic carbocycles. The molecule has 1 rings (SSSR count). The van der Waals surface area contributed by atoms with Crippen LogP contribution in [0.2, 0.25) is 0 Å². The fourth-order valence-corrected chi connectivity index (χ4v) is 1.40. The average molecular weight is 203 g/mol. The highest BCUT2D eigenvalue weighted by Gasteiger charge is 1.98. The minimum absolute atomic E-state index is 0.108. The van der Waals surface area contributed by atoms with Gasteiger partial charge >= 0.3 is 0 Å². The molecule has 2 nitrogen and oxygen atoms in total. The van der Waals surface area contributed by atoms with Crippen molar-refractivity contribution in [2.45, 2.75) is 25.3 Å². The average Bonchev–Trinajstić information content (AvgIpc) is 2.29. The molecule has 0 saturated heterocycles. The number of rotatable bonds is 5. The maximum Gasteiger partial charge on any atom is 0.118 e. The summed E-state index contributed by atoms with van der Waals surface area (Å²) < 4.78 is 5.08. The Labute approximate surface area is 91.4 Å². The van der Waals surface area contributed by atoms with Gasteiger partial charge in [0.25, 0.3) is 0 Å². The lowest BCUT2D eigenvalue weighted by Crippen LogP contribution is -2.16. The molecular formula is C13H17NO. The Morgan fingerprint density at radius 3 is 2.60 bits per heavy atom. The Balaban J connectivity index is 2.35. The minimum Gasteiger partial charge on any atom is -0.497 e. The van der Waals surface area contributed by atoms with E-state index in [1.54, 1.807) is 7.11 Å². The molecule has 0 amide bonds. The van der Waals surface area contributed by atoms with Crippen molar-refractivity contribution < 1.29 is 4.74 Å². The van der Waals surface area contributed by atoms with Gasteiger partial charge < -0.3 is 10.5 Å². The molecule has 1 aromatic rings. The van der Waals surface area contributed by atoms with Crippen LogP contribution in [0.3, 0.4) is 0 Å². The highest BCUT2D eigenvalue weighted by Crippen LogP contribution is 2.13. The van der Waals surface area contributed by atoms with Crippen molar-refractivity contribution in [2.75, 3.05) is 7.11 Å². The second-order valence-corrected chi connectivity index (χ2v) is 3.51. The molecule has 1 aromatic carbocycles. The number of benzene rings is 1. The molecule has 0 bridgehead atoms. The van der Waals surface area contributed by atoms with Crippen LogP contribution >= 0.6 is 0 Å². The predicted octanol–water partition coefficient (Wildman–Crippen LogP) is 1.98. The molecule has 1 atom stereocenters. The number of nitrogens with two attached hydrogens (primary N) is 1. The van der Waals surface area contributed by atoms with Crippen LogP contribution in [-0.4, -0.2) is 13.2 Å². The van der Waals surface area contributed by atoms with Crippen molar-refractivity contribution in [1.29, 1.82) is 0 Å². The lowest BCUT2D eigenvalue weighted by atomic mass is 10.1. The summed E-state index contributed by atoms with van der Waals surface area (Å²) in [6.07, 6.45) is 8.11. The van der Waals surface area contributed by atoms with E-state index in [-0.39, 0.29) is 6.04 Å². The van der Waals surface area contributed by atoms with Crippen LogP contribution in [-0.2, 0) is 6.42 Å². The molecule has 1 unspecified atom stereocenters. The van der Waals surface area contributed by atoms with Gasteiger partial charge in [-0.05, 0) is 37.0 Å². The summed E-state index contributed by atoms with van der Waals surface area (Å²) in [6, 6.07) is 7.97. The van der Waals surface area contributed by atoms with Crippen molar-refractivity contribution in [1.82, 2.24) is 0 Å². The van der Waals surface area contributed by atoms with Gasteiger partial charge in [-0.2, -0.15) is 0 Å². The molecule has 0 aromatic heterocycles. The molecule has 0 aliphatic heterocycles. The van der Waals surface area contributed by atoms with Crippen molar-refractivity contribution in [3.05, 3.63) is 29.8 Å². The Morgan fingerprint density at radius 2 is 2.07 bits per heavy atom. The van der Waals surface area contributed by atoms with Crippen LogP contribution in [0.15, 0.2) is 24.3 Å². The number of terminal acetylenes is 1. The highest BCUT2D eigenvalue weighted by molar-refractivity contribution is 5.27. The van der Waals surface area contributed by atoms with E-state index in [0.29, 0.717) is 0 Å². The zero-order valence-corrected chi connectivity index (χ0v) is 9.07. The first-order valence-corrected chi connectivity index (χ1v) is 5.11. The molecule has 2 N–H and O–H groups in total. The molecule has 0 saturated carbocycles. The summed E-state index contributed by atoms with van der Waals surface area (Å²) in [5.74, 6) is 3.42. The Morgan fingerprint density at radius 1 is 1.40 bits per heavy atom. The number of methoxy groups -OCH3 is 1. The summed E-state index contributed by atoms with van der Waals surface area (Å²) in [5.41, 5.74) is 6.92. The number of aryl methyl sites for hydroxylation is 1. The second kappa shape index (κ2) is 6.10. The van der Waals surface area contributed by atoms with Crippen molar-refractivity contribution in [3.8, 4) is 18.1 Å². The van der Waals surface area contributed by atoms with Crippen molar-refractivity contribution >= 4 is 0 Å². The van der Waals surface area contributed by atoms with Crippen LogP contribution in [0.5, 0.6) is 5.75 Å². The van der Waals surface area contributed by atoms with Crippen molar-refractivity contribution in [3.63, 3.8) is 0 Å². The third kappa shape index (κ3) is 4.05. The first kappa shape index (κ1) is 11.6. The Bertz CT molecular complexity index is 323. The van der Waals surface area contributed by atoms with E-state index in [4.69, 9.17) is 16.9 Å². The van der Waals surface area contributed by atoms with Crippen LogP contribution < -0.4 is 10.5 Å². The van der Waals surface area contributed by atoms with E-state index >= 15 is 0 Å².